The maximum Gasteiger partial charge on any atom is 0.261 e. The second kappa shape index (κ2) is 7.72. The van der Waals surface area contributed by atoms with Crippen LogP contribution in [0, 0.1) is 0 Å². The van der Waals surface area contributed by atoms with E-state index in [0.29, 0.717) is 35.0 Å². The van der Waals surface area contributed by atoms with E-state index in [4.69, 9.17) is 0 Å². The van der Waals surface area contributed by atoms with Crippen LogP contribution < -0.4 is 10.9 Å². The first kappa shape index (κ1) is 18.0. The van der Waals surface area contributed by atoms with E-state index in [0.717, 1.165) is 11.3 Å². The Bertz CT molecular complexity index is 945. The van der Waals surface area contributed by atoms with Gasteiger partial charge in [-0.2, -0.15) is 0 Å². The number of benzene rings is 1. The normalized spacial score (nSPS) is 17.0. The number of carbonyl (C=O) groups is 2. The van der Waals surface area contributed by atoms with Gasteiger partial charge in [0.05, 0.1) is 5.69 Å². The molecule has 0 saturated heterocycles. The molecule has 6 heteroatoms. The molecule has 0 spiro atoms. The van der Waals surface area contributed by atoms with E-state index < -0.39 is 11.5 Å². The average molecular weight is 382 g/mol. The molecule has 140 valence electrons. The number of anilines is 1. The molecule has 0 radical (unpaired) electrons. The van der Waals surface area contributed by atoms with Crippen LogP contribution >= 0.6 is 11.8 Å². The van der Waals surface area contributed by atoms with Gasteiger partial charge < -0.3 is 10.3 Å². The largest absolute Gasteiger partial charge is 0.325 e. The number of Topliss-reactive ketones (excluding diaryl/α,β-unsaturated/α-hetero) is 1. The first-order chi connectivity index (χ1) is 13.1. The molecule has 1 heterocycles. The number of fused-ring (bicyclic) bond motifs is 1. The van der Waals surface area contributed by atoms with Crippen molar-refractivity contribution in [3.8, 4) is 0 Å². The molecule has 5 nitrogen and oxygen atoms in total. The van der Waals surface area contributed by atoms with Crippen LogP contribution in [0.4, 0.5) is 5.69 Å². The van der Waals surface area contributed by atoms with Crippen LogP contribution in [-0.2, 0) is 6.42 Å². The van der Waals surface area contributed by atoms with Crippen LogP contribution in [0.25, 0.3) is 0 Å². The Kier molecular flexibility index (Phi) is 5.16. The number of H-pyrrole nitrogens is 1. The van der Waals surface area contributed by atoms with E-state index >= 15 is 0 Å². The molecule has 1 aromatic heterocycles. The highest BCUT2D eigenvalue weighted by Gasteiger charge is 2.23. The van der Waals surface area contributed by atoms with Crippen LogP contribution in [0.3, 0.4) is 0 Å². The molecule has 1 amide bonds. The van der Waals surface area contributed by atoms with Gasteiger partial charge in [0.2, 0.25) is 0 Å². The third-order valence-corrected chi connectivity index (χ3v) is 6.64. The lowest BCUT2D eigenvalue weighted by Gasteiger charge is -2.16. The number of aromatic nitrogens is 1. The number of para-hydroxylation sites is 1. The number of hydrogen-bond donors (Lipinski definition) is 2. The summed E-state index contributed by atoms with van der Waals surface area (Å²) in [6, 6.07) is 9.14. The molecule has 2 N–H and O–H groups in total. The summed E-state index contributed by atoms with van der Waals surface area (Å²) < 4.78 is 0. The second-order valence-corrected chi connectivity index (χ2v) is 8.50. The SMILES string of the molecule is O=C1CCCc2[nH]c(=O)c(C(=O)Nc3ccccc3SC3CCCC3)cc21. The summed E-state index contributed by atoms with van der Waals surface area (Å²) in [6.45, 7) is 0. The Labute approximate surface area is 162 Å². The van der Waals surface area contributed by atoms with Gasteiger partial charge in [-0.15, -0.1) is 11.8 Å². The number of nitrogens with one attached hydrogen (secondary N) is 2. The predicted molar refractivity (Wildman–Crippen MR) is 107 cm³/mol. The van der Waals surface area contributed by atoms with Crippen LogP contribution in [0.15, 0.2) is 40.0 Å². The van der Waals surface area contributed by atoms with Gasteiger partial charge in [0.25, 0.3) is 11.5 Å². The monoisotopic (exact) mass is 382 g/mol. The van der Waals surface area contributed by atoms with Gasteiger partial charge in [-0.3, -0.25) is 14.4 Å². The zero-order valence-electron chi connectivity index (χ0n) is 15.0. The number of thioether (sulfide) groups is 1. The lowest BCUT2D eigenvalue weighted by atomic mass is 9.93. The van der Waals surface area contributed by atoms with Gasteiger partial charge in [-0.05, 0) is 43.9 Å². The standard InChI is InChI=1S/C21H22N2O3S/c24-18-10-5-9-16-14(18)12-15(20(25)22-16)21(26)23-17-8-3-4-11-19(17)27-13-6-1-2-7-13/h3-4,8,11-13H,1-2,5-7,9-10H2,(H,22,25)(H,23,26). The number of aryl methyl sites for hydroxylation is 1. The first-order valence-electron chi connectivity index (χ1n) is 9.48. The van der Waals surface area contributed by atoms with Crippen molar-refractivity contribution < 1.29 is 9.59 Å². The minimum absolute atomic E-state index is 0.00957. The molecule has 2 aromatic rings. The molecule has 0 bridgehead atoms. The Hall–Kier alpha value is -2.34. The maximum absolute atomic E-state index is 12.8. The number of ketones is 1. The molecular formula is C21H22N2O3S. The molecule has 0 atom stereocenters. The Balaban J connectivity index is 1.59. The highest BCUT2D eigenvalue weighted by atomic mass is 32.2. The third kappa shape index (κ3) is 3.86. The Morgan fingerprint density at radius 3 is 2.67 bits per heavy atom. The van der Waals surface area contributed by atoms with Gasteiger partial charge >= 0.3 is 0 Å². The number of carbonyl (C=O) groups excluding carboxylic acids is 2. The fraction of sp³-hybridized carbons (Fsp3) is 0.381. The smallest absolute Gasteiger partial charge is 0.261 e. The molecular weight excluding hydrogens is 360 g/mol. The summed E-state index contributed by atoms with van der Waals surface area (Å²) in [6.07, 6.45) is 6.76. The summed E-state index contributed by atoms with van der Waals surface area (Å²) in [5.41, 5.74) is 1.37. The Morgan fingerprint density at radius 1 is 1.07 bits per heavy atom. The molecule has 27 heavy (non-hydrogen) atoms. The quantitative estimate of drug-likeness (QED) is 0.831. The van der Waals surface area contributed by atoms with E-state index in [-0.39, 0.29) is 11.3 Å². The van der Waals surface area contributed by atoms with Crippen molar-refractivity contribution in [3.63, 3.8) is 0 Å². The van der Waals surface area contributed by atoms with E-state index in [1.807, 2.05) is 24.3 Å². The molecule has 2 aliphatic rings. The van der Waals surface area contributed by atoms with E-state index in [2.05, 4.69) is 10.3 Å². The highest BCUT2D eigenvalue weighted by molar-refractivity contribution is 8.00. The zero-order chi connectivity index (χ0) is 18.8. The predicted octanol–water partition coefficient (Wildman–Crippen LogP) is 4.18. The summed E-state index contributed by atoms with van der Waals surface area (Å²) in [5, 5.41) is 3.45. The summed E-state index contributed by atoms with van der Waals surface area (Å²) >= 11 is 1.79. The van der Waals surface area contributed by atoms with Crippen molar-refractivity contribution in [3.05, 3.63) is 57.5 Å². The van der Waals surface area contributed by atoms with Crippen molar-refractivity contribution in [1.82, 2.24) is 4.98 Å². The number of hydrogen-bond acceptors (Lipinski definition) is 4. The molecule has 1 aromatic carbocycles. The van der Waals surface area contributed by atoms with Gasteiger partial charge in [0, 0.05) is 27.8 Å². The third-order valence-electron chi connectivity index (χ3n) is 5.23. The lowest BCUT2D eigenvalue weighted by Crippen LogP contribution is -2.27. The first-order valence-corrected chi connectivity index (χ1v) is 10.4. The summed E-state index contributed by atoms with van der Waals surface area (Å²) in [5.74, 6) is -0.490. The fourth-order valence-electron chi connectivity index (χ4n) is 3.79. The fourth-order valence-corrected chi connectivity index (χ4v) is 5.12. The minimum atomic E-state index is -0.475. The molecule has 2 aliphatic carbocycles. The minimum Gasteiger partial charge on any atom is -0.325 e. The average Bonchev–Trinajstić information content (AvgIpc) is 3.16. The molecule has 1 fully saturated rings. The van der Waals surface area contributed by atoms with Crippen LogP contribution in [0.1, 0.15) is 64.9 Å². The second-order valence-electron chi connectivity index (χ2n) is 7.16. The molecule has 0 aliphatic heterocycles. The number of amides is 1. The van der Waals surface area contributed by atoms with E-state index in [1.54, 1.807) is 11.8 Å². The van der Waals surface area contributed by atoms with Gasteiger partial charge in [0.15, 0.2) is 5.78 Å². The van der Waals surface area contributed by atoms with Crippen molar-refractivity contribution in [2.75, 3.05) is 5.32 Å². The van der Waals surface area contributed by atoms with Crippen LogP contribution in [-0.4, -0.2) is 21.9 Å². The Morgan fingerprint density at radius 2 is 1.85 bits per heavy atom. The number of pyridine rings is 1. The molecule has 4 rings (SSSR count). The number of rotatable bonds is 4. The maximum atomic E-state index is 12.8. The van der Waals surface area contributed by atoms with Crippen molar-refractivity contribution in [2.45, 2.75) is 55.1 Å². The summed E-state index contributed by atoms with van der Waals surface area (Å²) in [4.78, 5) is 41.0. The summed E-state index contributed by atoms with van der Waals surface area (Å²) in [7, 11) is 0. The highest BCUT2D eigenvalue weighted by Crippen LogP contribution is 2.38. The van der Waals surface area contributed by atoms with Gasteiger partial charge in [0.1, 0.15) is 5.56 Å². The van der Waals surface area contributed by atoms with E-state index in [9.17, 15) is 14.4 Å². The van der Waals surface area contributed by atoms with Gasteiger partial charge in [-0.1, -0.05) is 25.0 Å². The van der Waals surface area contributed by atoms with Gasteiger partial charge in [-0.25, -0.2) is 0 Å². The van der Waals surface area contributed by atoms with Crippen LogP contribution in [0.2, 0.25) is 0 Å². The van der Waals surface area contributed by atoms with E-state index in [1.165, 1.54) is 31.7 Å². The van der Waals surface area contributed by atoms with Crippen LogP contribution in [0.5, 0.6) is 0 Å². The van der Waals surface area contributed by atoms with Crippen molar-refractivity contribution in [1.29, 1.82) is 0 Å². The molecule has 1 saturated carbocycles. The lowest BCUT2D eigenvalue weighted by molar-refractivity contribution is 0.0971. The van der Waals surface area contributed by atoms with Crippen molar-refractivity contribution >= 4 is 29.1 Å². The number of aromatic amines is 1. The topological polar surface area (TPSA) is 79.0 Å². The zero-order valence-corrected chi connectivity index (χ0v) is 15.9. The molecule has 0 unspecified atom stereocenters. The van der Waals surface area contributed by atoms with Crippen molar-refractivity contribution in [2.24, 2.45) is 0 Å².